The summed E-state index contributed by atoms with van der Waals surface area (Å²) in [7, 11) is 0. The number of hydrogen-bond donors (Lipinski definition) is 3. The number of nitrogens with zero attached hydrogens (tertiary/aromatic N) is 1. The van der Waals surface area contributed by atoms with E-state index in [4.69, 9.17) is 0 Å². The van der Waals surface area contributed by atoms with Crippen LogP contribution in [0.4, 0.5) is 10.5 Å². The maximum Gasteiger partial charge on any atom is 0.326 e. The number of carboxylic acid groups (broad SMARTS) is 1. The molecule has 1 aliphatic rings. The van der Waals surface area contributed by atoms with Crippen molar-refractivity contribution in [1.29, 1.82) is 0 Å². The topological polar surface area (TPSA) is 98.7 Å². The minimum absolute atomic E-state index is 0.0549. The Labute approximate surface area is 188 Å². The first-order valence-corrected chi connectivity index (χ1v) is 11.1. The lowest BCUT2D eigenvalue weighted by molar-refractivity contribution is -0.139. The number of amides is 3. The fraction of sp³-hybridized carbons (Fsp3) is 0.400. The number of carboxylic acids is 1. The van der Waals surface area contributed by atoms with Crippen LogP contribution in [-0.2, 0) is 9.59 Å². The zero-order valence-corrected chi connectivity index (χ0v) is 18.6. The molecule has 1 saturated heterocycles. The van der Waals surface area contributed by atoms with Crippen molar-refractivity contribution in [2.75, 3.05) is 18.4 Å². The van der Waals surface area contributed by atoms with Crippen LogP contribution < -0.4 is 10.6 Å². The molecule has 0 saturated carbocycles. The summed E-state index contributed by atoms with van der Waals surface area (Å²) in [6, 6.07) is 16.5. The van der Waals surface area contributed by atoms with Gasteiger partial charge in [0.05, 0.1) is 0 Å². The van der Waals surface area contributed by atoms with Crippen LogP contribution in [0.2, 0.25) is 0 Å². The maximum absolute atomic E-state index is 12.7. The lowest BCUT2D eigenvalue weighted by Gasteiger charge is -2.32. The fourth-order valence-corrected chi connectivity index (χ4v) is 3.90. The summed E-state index contributed by atoms with van der Waals surface area (Å²) >= 11 is 0. The Morgan fingerprint density at radius 1 is 0.969 bits per heavy atom. The van der Waals surface area contributed by atoms with Gasteiger partial charge in [-0.3, -0.25) is 4.79 Å². The SMILES string of the molecule is CC(C)C[C@H](NC(=O)N1CCC(C(=O)Nc2ccc(-c3ccccc3)cc2)CC1)C(=O)O. The summed E-state index contributed by atoms with van der Waals surface area (Å²) < 4.78 is 0. The highest BCUT2D eigenvalue weighted by molar-refractivity contribution is 5.93. The van der Waals surface area contributed by atoms with E-state index in [-0.39, 0.29) is 23.8 Å². The smallest absolute Gasteiger partial charge is 0.326 e. The number of aliphatic carboxylic acids is 1. The van der Waals surface area contributed by atoms with Gasteiger partial charge in [-0.15, -0.1) is 0 Å². The summed E-state index contributed by atoms with van der Waals surface area (Å²) in [4.78, 5) is 38.1. The molecule has 2 aromatic carbocycles. The van der Waals surface area contributed by atoms with Crippen molar-refractivity contribution in [2.24, 2.45) is 11.8 Å². The van der Waals surface area contributed by atoms with Gasteiger partial charge in [-0.2, -0.15) is 0 Å². The molecule has 0 bridgehead atoms. The standard InChI is InChI=1S/C25H31N3O4/c1-17(2)16-22(24(30)31)27-25(32)28-14-12-20(13-15-28)23(29)26-21-10-8-19(9-11-21)18-6-4-3-5-7-18/h3-11,17,20,22H,12-16H2,1-2H3,(H,26,29)(H,27,32)(H,30,31)/t22-/m0/s1. The minimum Gasteiger partial charge on any atom is -0.480 e. The Hall–Kier alpha value is -3.35. The summed E-state index contributed by atoms with van der Waals surface area (Å²) in [5.41, 5.74) is 2.95. The van der Waals surface area contributed by atoms with Gasteiger partial charge in [-0.25, -0.2) is 9.59 Å². The molecule has 0 radical (unpaired) electrons. The molecule has 3 N–H and O–H groups in total. The summed E-state index contributed by atoms with van der Waals surface area (Å²) in [5.74, 6) is -1.10. The molecule has 0 unspecified atom stereocenters. The van der Waals surface area contributed by atoms with Crippen LogP contribution in [0.25, 0.3) is 11.1 Å². The highest BCUT2D eigenvalue weighted by atomic mass is 16.4. The first-order valence-electron chi connectivity index (χ1n) is 11.1. The van der Waals surface area contributed by atoms with Crippen molar-refractivity contribution in [1.82, 2.24) is 10.2 Å². The first kappa shape index (κ1) is 23.3. The number of carbonyl (C=O) groups excluding carboxylic acids is 2. The van der Waals surface area contributed by atoms with E-state index in [1.54, 1.807) is 4.90 Å². The number of piperidine rings is 1. The lowest BCUT2D eigenvalue weighted by atomic mass is 9.96. The van der Waals surface area contributed by atoms with E-state index in [0.717, 1.165) is 16.8 Å². The van der Waals surface area contributed by atoms with Crippen LogP contribution in [0, 0.1) is 11.8 Å². The zero-order chi connectivity index (χ0) is 23.1. The Kier molecular flexibility index (Phi) is 7.87. The van der Waals surface area contributed by atoms with Gasteiger partial charge in [0.25, 0.3) is 0 Å². The molecule has 0 spiro atoms. The van der Waals surface area contributed by atoms with Gasteiger partial charge in [-0.1, -0.05) is 56.3 Å². The number of anilines is 1. The van der Waals surface area contributed by atoms with Gasteiger partial charge in [0, 0.05) is 24.7 Å². The summed E-state index contributed by atoms with van der Waals surface area (Å²) in [6.45, 7) is 4.68. The second kappa shape index (κ2) is 10.8. The van der Waals surface area contributed by atoms with Crippen LogP contribution >= 0.6 is 0 Å². The van der Waals surface area contributed by atoms with Crippen LogP contribution in [0.1, 0.15) is 33.1 Å². The van der Waals surface area contributed by atoms with Gasteiger partial charge in [0.15, 0.2) is 0 Å². The van der Waals surface area contributed by atoms with Crippen molar-refractivity contribution in [3.8, 4) is 11.1 Å². The number of urea groups is 1. The van der Waals surface area contributed by atoms with E-state index >= 15 is 0 Å². The third-order valence-corrected chi connectivity index (χ3v) is 5.72. The fourth-order valence-electron chi connectivity index (χ4n) is 3.90. The number of nitrogens with one attached hydrogen (secondary N) is 2. The van der Waals surface area contributed by atoms with E-state index in [2.05, 4.69) is 10.6 Å². The zero-order valence-electron chi connectivity index (χ0n) is 18.6. The molecule has 0 aromatic heterocycles. The number of benzene rings is 2. The molecule has 1 aliphatic heterocycles. The normalized spacial score (nSPS) is 15.3. The second-order valence-corrected chi connectivity index (χ2v) is 8.66. The Morgan fingerprint density at radius 3 is 2.12 bits per heavy atom. The van der Waals surface area contributed by atoms with Crippen molar-refractivity contribution < 1.29 is 19.5 Å². The van der Waals surface area contributed by atoms with Crippen LogP contribution in [0.15, 0.2) is 54.6 Å². The summed E-state index contributed by atoms with van der Waals surface area (Å²) in [5, 5.41) is 14.9. The van der Waals surface area contributed by atoms with Crippen LogP contribution in [0.3, 0.4) is 0 Å². The van der Waals surface area contributed by atoms with Crippen LogP contribution in [-0.4, -0.2) is 47.0 Å². The molecular formula is C25H31N3O4. The molecule has 1 heterocycles. The number of rotatable bonds is 7. The molecule has 0 aliphatic carbocycles. The van der Waals surface area contributed by atoms with Crippen molar-refractivity contribution >= 4 is 23.6 Å². The molecule has 3 amide bonds. The molecule has 3 rings (SSSR count). The molecule has 32 heavy (non-hydrogen) atoms. The van der Waals surface area contributed by atoms with E-state index in [1.807, 2.05) is 68.4 Å². The predicted molar refractivity (Wildman–Crippen MR) is 124 cm³/mol. The monoisotopic (exact) mass is 437 g/mol. The third-order valence-electron chi connectivity index (χ3n) is 5.72. The van der Waals surface area contributed by atoms with Crippen molar-refractivity contribution in [2.45, 2.75) is 39.2 Å². The predicted octanol–water partition coefficient (Wildman–Crippen LogP) is 4.21. The maximum atomic E-state index is 12.7. The average Bonchev–Trinajstić information content (AvgIpc) is 2.79. The molecular weight excluding hydrogens is 406 g/mol. The average molecular weight is 438 g/mol. The molecule has 7 heteroatoms. The third kappa shape index (κ3) is 6.33. The van der Waals surface area contributed by atoms with Gasteiger partial charge in [0.2, 0.25) is 5.91 Å². The molecule has 1 fully saturated rings. The highest BCUT2D eigenvalue weighted by Crippen LogP contribution is 2.23. The quantitative estimate of drug-likeness (QED) is 0.604. The molecule has 1 atom stereocenters. The van der Waals surface area contributed by atoms with E-state index in [0.29, 0.717) is 32.4 Å². The van der Waals surface area contributed by atoms with Gasteiger partial charge < -0.3 is 20.6 Å². The summed E-state index contributed by atoms with van der Waals surface area (Å²) in [6.07, 6.45) is 1.47. The van der Waals surface area contributed by atoms with Gasteiger partial charge in [-0.05, 0) is 48.4 Å². The largest absolute Gasteiger partial charge is 0.480 e. The van der Waals surface area contributed by atoms with Crippen LogP contribution in [0.5, 0.6) is 0 Å². The van der Waals surface area contributed by atoms with Gasteiger partial charge in [0.1, 0.15) is 6.04 Å². The highest BCUT2D eigenvalue weighted by Gasteiger charge is 2.29. The van der Waals surface area contributed by atoms with Gasteiger partial charge >= 0.3 is 12.0 Å². The number of likely N-dealkylation sites (tertiary alicyclic amines) is 1. The molecule has 2 aromatic rings. The Morgan fingerprint density at radius 2 is 1.56 bits per heavy atom. The van der Waals surface area contributed by atoms with E-state index in [9.17, 15) is 19.5 Å². The van der Waals surface area contributed by atoms with Crippen molar-refractivity contribution in [3.05, 3.63) is 54.6 Å². The van der Waals surface area contributed by atoms with E-state index < -0.39 is 12.0 Å². The Balaban J connectivity index is 1.49. The molecule has 170 valence electrons. The Bertz CT molecular complexity index is 920. The first-order chi connectivity index (χ1) is 15.3. The lowest BCUT2D eigenvalue weighted by Crippen LogP contribution is -2.51. The number of hydrogen-bond acceptors (Lipinski definition) is 3. The molecule has 7 nitrogen and oxygen atoms in total. The van der Waals surface area contributed by atoms with Crippen molar-refractivity contribution in [3.63, 3.8) is 0 Å². The minimum atomic E-state index is -1.03. The number of carbonyl (C=O) groups is 3. The second-order valence-electron chi connectivity index (χ2n) is 8.66. The van der Waals surface area contributed by atoms with E-state index in [1.165, 1.54) is 0 Å².